The molecule has 1 N–H and O–H groups in total. The van der Waals surface area contributed by atoms with E-state index in [1.807, 2.05) is 54.6 Å². The minimum atomic E-state index is -0.100. The van der Waals surface area contributed by atoms with Crippen molar-refractivity contribution in [3.63, 3.8) is 0 Å². The lowest BCUT2D eigenvalue weighted by Gasteiger charge is -2.17. The fourth-order valence-electron chi connectivity index (χ4n) is 3.35. The molecule has 1 unspecified atom stereocenters. The molecule has 136 valence electrons. The monoisotopic (exact) mass is 351 g/mol. The number of nitrogens with zero attached hydrogens (tertiary/aromatic N) is 2. The van der Waals surface area contributed by atoms with Crippen LogP contribution in [0.1, 0.15) is 43.7 Å². The smallest absolute Gasteiger partial charge is 0.234 e. The predicted octanol–water partition coefficient (Wildman–Crippen LogP) is 4.13. The van der Waals surface area contributed by atoms with E-state index >= 15 is 0 Å². The van der Waals surface area contributed by atoms with Gasteiger partial charge in [-0.3, -0.25) is 9.89 Å². The van der Waals surface area contributed by atoms with E-state index in [0.29, 0.717) is 0 Å². The Morgan fingerprint density at radius 2 is 2.27 bits per heavy atom. The number of aromatic amines is 1. The average molecular weight is 351 g/mol. The fraction of sp³-hybridized carbons (Fsp3) is 0.333. The number of carbonyl (C=O) groups excluding carboxylic acids is 1. The number of aromatic nitrogens is 2. The number of benzene rings is 1. The summed E-state index contributed by atoms with van der Waals surface area (Å²) in [4.78, 5) is 14.8. The summed E-state index contributed by atoms with van der Waals surface area (Å²) < 4.78 is 5.28. The Labute approximate surface area is 154 Å². The van der Waals surface area contributed by atoms with E-state index in [4.69, 9.17) is 4.74 Å². The molecule has 1 aliphatic heterocycles. The third kappa shape index (κ3) is 3.72. The van der Waals surface area contributed by atoms with Gasteiger partial charge in [0, 0.05) is 24.0 Å². The van der Waals surface area contributed by atoms with E-state index in [2.05, 4.69) is 23.2 Å². The summed E-state index contributed by atoms with van der Waals surface area (Å²) in [7, 11) is 1.65. The van der Waals surface area contributed by atoms with Crippen LogP contribution in [0.25, 0.3) is 5.57 Å². The van der Waals surface area contributed by atoms with Gasteiger partial charge in [-0.2, -0.15) is 5.10 Å². The maximum atomic E-state index is 12.9. The van der Waals surface area contributed by atoms with Crippen LogP contribution in [0, 0.1) is 0 Å². The Kier molecular flexibility index (Phi) is 5.56. The maximum Gasteiger partial charge on any atom is 0.234 e. The molecule has 1 aromatic carbocycles. The summed E-state index contributed by atoms with van der Waals surface area (Å²) in [5.41, 5.74) is 4.26. The number of methoxy groups -OCH3 is 1. The second-order valence-electron chi connectivity index (χ2n) is 6.45. The van der Waals surface area contributed by atoms with Crippen LogP contribution in [0.3, 0.4) is 0 Å². The van der Waals surface area contributed by atoms with Gasteiger partial charge in [0.25, 0.3) is 0 Å². The Morgan fingerprint density at radius 3 is 2.96 bits per heavy atom. The second-order valence-corrected chi connectivity index (χ2v) is 6.45. The minimum absolute atomic E-state index is 0.100. The molecule has 5 nitrogen and oxygen atoms in total. The van der Waals surface area contributed by atoms with Crippen LogP contribution in [0.5, 0.6) is 5.75 Å². The zero-order valence-electron chi connectivity index (χ0n) is 15.5. The van der Waals surface area contributed by atoms with Crippen molar-refractivity contribution in [2.75, 3.05) is 13.7 Å². The molecule has 1 atom stereocenters. The van der Waals surface area contributed by atoms with Crippen molar-refractivity contribution in [3.05, 3.63) is 65.6 Å². The van der Waals surface area contributed by atoms with Crippen LogP contribution in [-0.2, 0) is 4.79 Å². The molecule has 1 aliphatic rings. The van der Waals surface area contributed by atoms with E-state index in [1.165, 1.54) is 5.57 Å². The second kappa shape index (κ2) is 8.04. The fourth-order valence-corrected chi connectivity index (χ4v) is 3.35. The molecule has 26 heavy (non-hydrogen) atoms. The molecule has 2 heterocycles. The normalized spacial score (nSPS) is 18.5. The van der Waals surface area contributed by atoms with Gasteiger partial charge in [-0.1, -0.05) is 25.1 Å². The summed E-state index contributed by atoms with van der Waals surface area (Å²) in [5.74, 6) is 0.843. The quantitative estimate of drug-likeness (QED) is 0.796. The number of rotatable bonds is 6. The first-order valence-electron chi connectivity index (χ1n) is 8.96. The highest BCUT2D eigenvalue weighted by Crippen LogP contribution is 2.32. The van der Waals surface area contributed by atoms with Crippen molar-refractivity contribution < 1.29 is 9.53 Å². The van der Waals surface area contributed by atoms with Crippen LogP contribution < -0.4 is 4.74 Å². The maximum absolute atomic E-state index is 12.9. The van der Waals surface area contributed by atoms with Gasteiger partial charge in [0.1, 0.15) is 5.75 Å². The molecule has 0 aliphatic carbocycles. The minimum Gasteiger partial charge on any atom is -0.497 e. The van der Waals surface area contributed by atoms with E-state index < -0.39 is 0 Å². The summed E-state index contributed by atoms with van der Waals surface area (Å²) in [6.45, 7) is 4.84. The van der Waals surface area contributed by atoms with E-state index in [-0.39, 0.29) is 11.8 Å². The Morgan fingerprint density at radius 1 is 1.42 bits per heavy atom. The molecule has 0 radical (unpaired) electrons. The van der Waals surface area contributed by atoms with Gasteiger partial charge in [-0.25, -0.2) is 0 Å². The third-order valence-electron chi connectivity index (χ3n) is 4.90. The number of likely N-dealkylation sites (tertiary alicyclic amines) is 1. The molecule has 3 rings (SSSR count). The lowest BCUT2D eigenvalue weighted by Crippen LogP contribution is -2.24. The average Bonchev–Trinajstić information content (AvgIpc) is 3.32. The molecule has 0 bridgehead atoms. The largest absolute Gasteiger partial charge is 0.497 e. The lowest BCUT2D eigenvalue weighted by molar-refractivity contribution is -0.127. The summed E-state index contributed by atoms with van der Waals surface area (Å²) in [6, 6.07) is 7.80. The van der Waals surface area contributed by atoms with Crippen molar-refractivity contribution in [2.24, 2.45) is 0 Å². The van der Waals surface area contributed by atoms with Crippen molar-refractivity contribution in [1.82, 2.24) is 15.1 Å². The van der Waals surface area contributed by atoms with Crippen LogP contribution in [-0.4, -0.2) is 34.7 Å². The van der Waals surface area contributed by atoms with Crippen LogP contribution in [0.15, 0.2) is 54.5 Å². The van der Waals surface area contributed by atoms with Crippen molar-refractivity contribution in [3.8, 4) is 5.75 Å². The van der Waals surface area contributed by atoms with Crippen molar-refractivity contribution >= 4 is 11.5 Å². The molecule has 5 heteroatoms. The van der Waals surface area contributed by atoms with Crippen LogP contribution in [0.4, 0.5) is 0 Å². The third-order valence-corrected chi connectivity index (χ3v) is 4.90. The molecule has 1 amide bonds. The van der Waals surface area contributed by atoms with E-state index in [1.54, 1.807) is 7.11 Å². The SMILES string of the molecule is CC/C(=C\C=C(/C)N1CCC(c2cccc(OC)c2)C1=O)c1cn[nH]c1. The highest BCUT2D eigenvalue weighted by atomic mass is 16.5. The number of hydrogen-bond acceptors (Lipinski definition) is 3. The molecule has 1 fully saturated rings. The Bertz CT molecular complexity index is 822. The first-order chi connectivity index (χ1) is 12.6. The van der Waals surface area contributed by atoms with Gasteiger partial charge in [-0.05, 0) is 49.1 Å². The van der Waals surface area contributed by atoms with Crippen molar-refractivity contribution in [1.29, 1.82) is 0 Å². The topological polar surface area (TPSA) is 58.2 Å². The van der Waals surface area contributed by atoms with Gasteiger partial charge in [0.05, 0.1) is 19.2 Å². The number of carbonyl (C=O) groups is 1. The molecule has 1 aromatic heterocycles. The van der Waals surface area contributed by atoms with Gasteiger partial charge in [0.2, 0.25) is 5.91 Å². The standard InChI is InChI=1S/C21H25N3O2/c1-4-16(18-13-22-23-14-18)9-8-15(2)24-11-10-20(21(24)25)17-6-5-7-19(12-17)26-3/h5-9,12-14,20H,4,10-11H2,1-3H3,(H,22,23)/b15-8+,16-9+. The van der Waals surface area contributed by atoms with Gasteiger partial charge in [0.15, 0.2) is 0 Å². The number of ether oxygens (including phenoxy) is 1. The molecular formula is C21H25N3O2. The number of hydrogen-bond donors (Lipinski definition) is 1. The Hall–Kier alpha value is -2.82. The van der Waals surface area contributed by atoms with Crippen LogP contribution in [0.2, 0.25) is 0 Å². The molecule has 0 spiro atoms. The van der Waals surface area contributed by atoms with Gasteiger partial charge >= 0.3 is 0 Å². The molecule has 0 saturated carbocycles. The number of H-pyrrole nitrogens is 1. The molecule has 2 aromatic rings. The Balaban J connectivity index is 1.76. The molecule has 1 saturated heterocycles. The lowest BCUT2D eigenvalue weighted by atomic mass is 9.97. The predicted molar refractivity (Wildman–Crippen MR) is 103 cm³/mol. The summed E-state index contributed by atoms with van der Waals surface area (Å²) >= 11 is 0. The zero-order valence-corrected chi connectivity index (χ0v) is 15.5. The van der Waals surface area contributed by atoms with E-state index in [0.717, 1.165) is 42.0 Å². The van der Waals surface area contributed by atoms with Gasteiger partial charge < -0.3 is 9.64 Å². The summed E-state index contributed by atoms with van der Waals surface area (Å²) in [6.07, 6.45) is 9.54. The molecular weight excluding hydrogens is 326 g/mol. The highest BCUT2D eigenvalue weighted by Gasteiger charge is 2.33. The summed E-state index contributed by atoms with van der Waals surface area (Å²) in [5, 5.41) is 6.85. The number of allylic oxidation sites excluding steroid dienone is 4. The number of nitrogens with one attached hydrogen (secondary N) is 1. The van der Waals surface area contributed by atoms with Gasteiger partial charge in [-0.15, -0.1) is 0 Å². The highest BCUT2D eigenvalue weighted by molar-refractivity contribution is 5.87. The zero-order chi connectivity index (χ0) is 18.5. The first-order valence-corrected chi connectivity index (χ1v) is 8.96. The first kappa shape index (κ1) is 18.0. The van der Waals surface area contributed by atoms with Crippen LogP contribution >= 0.6 is 0 Å². The van der Waals surface area contributed by atoms with E-state index in [9.17, 15) is 4.79 Å². The number of amides is 1. The van der Waals surface area contributed by atoms with Crippen molar-refractivity contribution in [2.45, 2.75) is 32.6 Å².